The second-order valence-electron chi connectivity index (χ2n) is 4.33. The van der Waals surface area contributed by atoms with Crippen LogP contribution in [0.2, 0.25) is 0 Å². The summed E-state index contributed by atoms with van der Waals surface area (Å²) in [5, 5.41) is 17.5. The predicted octanol–water partition coefficient (Wildman–Crippen LogP) is 2.56. The van der Waals surface area contributed by atoms with Gasteiger partial charge in [-0.3, -0.25) is 0 Å². The molecule has 0 aliphatic heterocycles. The van der Waals surface area contributed by atoms with Gasteiger partial charge in [0.25, 0.3) is 0 Å². The molecule has 0 radical (unpaired) electrons. The second kappa shape index (κ2) is 4.94. The Bertz CT molecular complexity index is 659. The van der Waals surface area contributed by atoms with Crippen LogP contribution in [0, 0.1) is 0 Å². The van der Waals surface area contributed by atoms with E-state index >= 15 is 0 Å². The SMILES string of the molecule is Oc1ccc(-n2cc(Cc3ccccc3)nn2)cc1. The van der Waals surface area contributed by atoms with E-state index in [0.29, 0.717) is 0 Å². The second-order valence-corrected chi connectivity index (χ2v) is 4.33. The Labute approximate surface area is 111 Å². The van der Waals surface area contributed by atoms with E-state index < -0.39 is 0 Å². The Morgan fingerprint density at radius 2 is 1.68 bits per heavy atom. The maximum absolute atomic E-state index is 9.26. The molecule has 0 spiro atoms. The third kappa shape index (κ3) is 2.63. The number of hydrogen-bond acceptors (Lipinski definition) is 3. The first-order valence-corrected chi connectivity index (χ1v) is 6.06. The summed E-state index contributed by atoms with van der Waals surface area (Å²) >= 11 is 0. The van der Waals surface area contributed by atoms with Crippen molar-refractivity contribution in [1.82, 2.24) is 15.0 Å². The van der Waals surface area contributed by atoms with Crippen molar-refractivity contribution in [2.75, 3.05) is 0 Å². The molecular formula is C15H13N3O. The molecule has 1 aromatic heterocycles. The summed E-state index contributed by atoms with van der Waals surface area (Å²) < 4.78 is 1.71. The molecule has 4 nitrogen and oxygen atoms in total. The van der Waals surface area contributed by atoms with Crippen LogP contribution in [0.4, 0.5) is 0 Å². The lowest BCUT2D eigenvalue weighted by atomic mass is 10.1. The molecule has 0 unspecified atom stereocenters. The van der Waals surface area contributed by atoms with E-state index in [4.69, 9.17) is 0 Å². The molecule has 0 atom stereocenters. The predicted molar refractivity (Wildman–Crippen MR) is 72.3 cm³/mol. The van der Waals surface area contributed by atoms with Gasteiger partial charge in [-0.15, -0.1) is 5.10 Å². The summed E-state index contributed by atoms with van der Waals surface area (Å²) in [7, 11) is 0. The van der Waals surface area contributed by atoms with Crippen LogP contribution in [0.3, 0.4) is 0 Å². The van der Waals surface area contributed by atoms with Gasteiger partial charge in [0.1, 0.15) is 5.75 Å². The number of aromatic nitrogens is 3. The van der Waals surface area contributed by atoms with Crippen molar-refractivity contribution in [2.45, 2.75) is 6.42 Å². The van der Waals surface area contributed by atoms with Gasteiger partial charge in [-0.25, -0.2) is 4.68 Å². The summed E-state index contributed by atoms with van der Waals surface area (Å²) in [6.07, 6.45) is 2.66. The highest BCUT2D eigenvalue weighted by atomic mass is 16.3. The quantitative estimate of drug-likeness (QED) is 0.778. The molecule has 0 fully saturated rings. The first kappa shape index (κ1) is 11.5. The molecule has 0 bridgehead atoms. The molecule has 0 amide bonds. The molecule has 4 heteroatoms. The fourth-order valence-corrected chi connectivity index (χ4v) is 1.92. The van der Waals surface area contributed by atoms with E-state index in [9.17, 15) is 5.11 Å². The van der Waals surface area contributed by atoms with Crippen LogP contribution < -0.4 is 0 Å². The smallest absolute Gasteiger partial charge is 0.115 e. The van der Waals surface area contributed by atoms with Crippen molar-refractivity contribution >= 4 is 0 Å². The number of benzene rings is 2. The van der Waals surface area contributed by atoms with Crippen LogP contribution in [-0.4, -0.2) is 20.1 Å². The van der Waals surface area contributed by atoms with E-state index in [2.05, 4.69) is 22.4 Å². The molecular weight excluding hydrogens is 238 g/mol. The van der Waals surface area contributed by atoms with E-state index in [1.165, 1.54) is 5.56 Å². The Kier molecular flexibility index (Phi) is 2.98. The maximum atomic E-state index is 9.26. The molecule has 94 valence electrons. The van der Waals surface area contributed by atoms with Crippen molar-refractivity contribution in [1.29, 1.82) is 0 Å². The largest absolute Gasteiger partial charge is 0.508 e. The lowest BCUT2D eigenvalue weighted by molar-refractivity contribution is 0.475. The molecule has 0 aliphatic carbocycles. The Hall–Kier alpha value is -2.62. The third-order valence-electron chi connectivity index (χ3n) is 2.88. The van der Waals surface area contributed by atoms with Crippen molar-refractivity contribution < 1.29 is 5.11 Å². The highest BCUT2D eigenvalue weighted by Gasteiger charge is 2.03. The number of nitrogens with zero attached hydrogens (tertiary/aromatic N) is 3. The van der Waals surface area contributed by atoms with Crippen LogP contribution in [0.15, 0.2) is 60.8 Å². The third-order valence-corrected chi connectivity index (χ3v) is 2.88. The van der Waals surface area contributed by atoms with Crippen LogP contribution in [-0.2, 0) is 6.42 Å². The van der Waals surface area contributed by atoms with E-state index in [1.807, 2.05) is 24.4 Å². The molecule has 0 saturated heterocycles. The van der Waals surface area contributed by atoms with Crippen LogP contribution in [0.5, 0.6) is 5.75 Å². The highest BCUT2D eigenvalue weighted by molar-refractivity contribution is 5.36. The zero-order valence-corrected chi connectivity index (χ0v) is 10.3. The van der Waals surface area contributed by atoms with Crippen molar-refractivity contribution in [3.63, 3.8) is 0 Å². The summed E-state index contributed by atoms with van der Waals surface area (Å²) in [6, 6.07) is 17.0. The fourth-order valence-electron chi connectivity index (χ4n) is 1.92. The zero-order valence-electron chi connectivity index (χ0n) is 10.3. The standard InChI is InChI=1S/C15H13N3O/c19-15-8-6-14(7-9-15)18-11-13(16-17-18)10-12-4-2-1-3-5-12/h1-9,11,19H,10H2. The van der Waals surface area contributed by atoms with Crippen molar-refractivity contribution in [3.8, 4) is 11.4 Å². The Morgan fingerprint density at radius 3 is 2.42 bits per heavy atom. The van der Waals surface area contributed by atoms with E-state index in [-0.39, 0.29) is 5.75 Å². The fraction of sp³-hybridized carbons (Fsp3) is 0.0667. The molecule has 19 heavy (non-hydrogen) atoms. The highest BCUT2D eigenvalue weighted by Crippen LogP contribution is 2.14. The van der Waals surface area contributed by atoms with Crippen LogP contribution in [0.25, 0.3) is 5.69 Å². The summed E-state index contributed by atoms with van der Waals surface area (Å²) in [5.41, 5.74) is 3.00. The van der Waals surface area contributed by atoms with Gasteiger partial charge in [-0.2, -0.15) is 0 Å². The van der Waals surface area contributed by atoms with Crippen LogP contribution >= 0.6 is 0 Å². The monoisotopic (exact) mass is 251 g/mol. The summed E-state index contributed by atoms with van der Waals surface area (Å²) in [6.45, 7) is 0. The minimum Gasteiger partial charge on any atom is -0.508 e. The number of rotatable bonds is 3. The minimum absolute atomic E-state index is 0.244. The lowest BCUT2D eigenvalue weighted by Crippen LogP contribution is -1.93. The van der Waals surface area contributed by atoms with Gasteiger partial charge in [0.2, 0.25) is 0 Å². The molecule has 3 aromatic rings. The van der Waals surface area contributed by atoms with Gasteiger partial charge in [-0.1, -0.05) is 35.5 Å². The van der Waals surface area contributed by atoms with Crippen LogP contribution in [0.1, 0.15) is 11.3 Å². The van der Waals surface area contributed by atoms with Crippen molar-refractivity contribution in [2.24, 2.45) is 0 Å². The molecule has 0 aliphatic rings. The average Bonchev–Trinajstić information content (AvgIpc) is 2.89. The van der Waals surface area contributed by atoms with E-state index in [1.54, 1.807) is 28.9 Å². The summed E-state index contributed by atoms with van der Waals surface area (Å²) in [4.78, 5) is 0. The average molecular weight is 251 g/mol. The van der Waals surface area contributed by atoms with Gasteiger partial charge >= 0.3 is 0 Å². The Morgan fingerprint density at radius 1 is 0.947 bits per heavy atom. The first-order chi connectivity index (χ1) is 9.31. The molecule has 0 saturated carbocycles. The molecule has 3 rings (SSSR count). The van der Waals surface area contributed by atoms with Gasteiger partial charge in [0.05, 0.1) is 17.6 Å². The Balaban J connectivity index is 1.82. The number of hydrogen-bond donors (Lipinski definition) is 1. The first-order valence-electron chi connectivity index (χ1n) is 6.06. The van der Waals surface area contributed by atoms with Gasteiger partial charge in [0, 0.05) is 6.42 Å². The molecule has 1 heterocycles. The van der Waals surface area contributed by atoms with E-state index in [0.717, 1.165) is 17.8 Å². The topological polar surface area (TPSA) is 50.9 Å². The molecule has 1 N–H and O–H groups in total. The van der Waals surface area contributed by atoms with Gasteiger partial charge in [0.15, 0.2) is 0 Å². The number of phenols is 1. The maximum Gasteiger partial charge on any atom is 0.115 e. The zero-order chi connectivity index (χ0) is 13.1. The summed E-state index contributed by atoms with van der Waals surface area (Å²) in [5.74, 6) is 0.244. The molecule has 2 aromatic carbocycles. The van der Waals surface area contributed by atoms with Crippen molar-refractivity contribution in [3.05, 3.63) is 72.1 Å². The van der Waals surface area contributed by atoms with Gasteiger partial charge in [-0.05, 0) is 29.8 Å². The number of phenolic OH excluding ortho intramolecular Hbond substituents is 1. The normalized spacial score (nSPS) is 10.5. The van der Waals surface area contributed by atoms with Gasteiger partial charge < -0.3 is 5.11 Å². The lowest BCUT2D eigenvalue weighted by Gasteiger charge is -1.99. The number of aromatic hydroxyl groups is 1. The minimum atomic E-state index is 0.244.